The van der Waals surface area contributed by atoms with Crippen LogP contribution in [0.3, 0.4) is 0 Å². The lowest BCUT2D eigenvalue weighted by Crippen LogP contribution is -2.49. The first-order chi connectivity index (χ1) is 6.63. The number of amides is 1. The Morgan fingerprint density at radius 1 is 1.29 bits per heavy atom. The van der Waals surface area contributed by atoms with Crippen molar-refractivity contribution in [1.82, 2.24) is 9.80 Å². The van der Waals surface area contributed by atoms with E-state index in [0.717, 1.165) is 32.7 Å². The fourth-order valence-electron chi connectivity index (χ4n) is 1.52. The smallest absolute Gasteiger partial charge is 0.410 e. The van der Waals surface area contributed by atoms with Crippen molar-refractivity contribution in [1.29, 1.82) is 0 Å². The molecule has 1 aliphatic heterocycles. The molecule has 0 bridgehead atoms. The van der Waals surface area contributed by atoms with Crippen molar-refractivity contribution in [2.75, 3.05) is 32.7 Å². The average Bonchev–Trinajstić information content (AvgIpc) is 2.17. The maximum Gasteiger partial charge on any atom is 0.410 e. The Morgan fingerprint density at radius 3 is 2.29 bits per heavy atom. The summed E-state index contributed by atoms with van der Waals surface area (Å²) in [7, 11) is 0. The Balaban J connectivity index is 2.30. The third-order valence-electron chi connectivity index (χ3n) is 2.41. The molecule has 0 spiro atoms. The van der Waals surface area contributed by atoms with Gasteiger partial charge in [0.05, 0.1) is 6.10 Å². The Bertz CT molecular complexity index is 187. The van der Waals surface area contributed by atoms with E-state index in [9.17, 15) is 4.79 Å². The van der Waals surface area contributed by atoms with Gasteiger partial charge in [-0.3, -0.25) is 0 Å². The van der Waals surface area contributed by atoms with Crippen LogP contribution in [0.4, 0.5) is 4.79 Å². The summed E-state index contributed by atoms with van der Waals surface area (Å²) in [6.07, 6.45) is -0.192. The monoisotopic (exact) mass is 200 g/mol. The summed E-state index contributed by atoms with van der Waals surface area (Å²) in [4.78, 5) is 15.6. The zero-order valence-corrected chi connectivity index (χ0v) is 9.32. The molecular weight excluding hydrogens is 180 g/mol. The quantitative estimate of drug-likeness (QED) is 0.670. The van der Waals surface area contributed by atoms with Crippen molar-refractivity contribution in [3.63, 3.8) is 0 Å². The zero-order chi connectivity index (χ0) is 10.6. The van der Waals surface area contributed by atoms with Crippen LogP contribution in [-0.2, 0) is 4.74 Å². The highest BCUT2D eigenvalue weighted by Crippen LogP contribution is 2.04. The van der Waals surface area contributed by atoms with Gasteiger partial charge in [-0.15, -0.1) is 0 Å². The predicted molar refractivity (Wildman–Crippen MR) is 55.3 cm³/mol. The lowest BCUT2D eigenvalue weighted by molar-refractivity contribution is 0.0581. The van der Waals surface area contributed by atoms with Gasteiger partial charge in [0.2, 0.25) is 0 Å². The van der Waals surface area contributed by atoms with Crippen LogP contribution in [0.15, 0.2) is 0 Å². The van der Waals surface area contributed by atoms with Crippen LogP contribution >= 0.6 is 0 Å². The predicted octanol–water partition coefficient (Wildman–Crippen LogP) is 1.17. The average molecular weight is 200 g/mol. The number of rotatable bonds is 2. The summed E-state index contributed by atoms with van der Waals surface area (Å²) in [6.45, 7) is 10.5. The van der Waals surface area contributed by atoms with Crippen LogP contribution in [0.25, 0.3) is 0 Å². The van der Waals surface area contributed by atoms with Gasteiger partial charge in [0, 0.05) is 26.2 Å². The summed E-state index contributed by atoms with van der Waals surface area (Å²) in [5.74, 6) is 0. The minimum atomic E-state index is -0.171. The molecule has 0 aromatic heterocycles. The molecule has 0 unspecified atom stereocenters. The van der Waals surface area contributed by atoms with Gasteiger partial charge in [-0.1, -0.05) is 6.92 Å². The molecule has 0 radical (unpaired) electrons. The van der Waals surface area contributed by atoms with Crippen molar-refractivity contribution < 1.29 is 9.53 Å². The van der Waals surface area contributed by atoms with E-state index in [0.29, 0.717) is 0 Å². The number of nitrogens with zero attached hydrogens (tertiary/aromatic N) is 2. The molecule has 0 saturated carbocycles. The van der Waals surface area contributed by atoms with E-state index in [1.165, 1.54) is 0 Å². The molecule has 0 aromatic rings. The van der Waals surface area contributed by atoms with E-state index in [1.54, 1.807) is 4.90 Å². The fraction of sp³-hybridized carbons (Fsp3) is 0.900. The van der Waals surface area contributed by atoms with Crippen molar-refractivity contribution in [2.45, 2.75) is 26.9 Å². The lowest BCUT2D eigenvalue weighted by atomic mass is 10.3. The van der Waals surface area contributed by atoms with Crippen LogP contribution in [-0.4, -0.2) is 54.7 Å². The first-order valence-electron chi connectivity index (χ1n) is 5.31. The highest BCUT2D eigenvalue weighted by molar-refractivity contribution is 5.67. The normalized spacial score (nSPS) is 18.7. The molecule has 0 aliphatic carbocycles. The second-order valence-electron chi connectivity index (χ2n) is 3.85. The van der Waals surface area contributed by atoms with Gasteiger partial charge in [-0.2, -0.15) is 0 Å². The summed E-state index contributed by atoms with van der Waals surface area (Å²) >= 11 is 0. The van der Waals surface area contributed by atoms with Crippen molar-refractivity contribution in [3.05, 3.63) is 0 Å². The maximum absolute atomic E-state index is 11.5. The van der Waals surface area contributed by atoms with Crippen LogP contribution in [0.1, 0.15) is 20.8 Å². The molecule has 4 nitrogen and oxygen atoms in total. The zero-order valence-electron chi connectivity index (χ0n) is 9.32. The van der Waals surface area contributed by atoms with Crippen molar-refractivity contribution in [3.8, 4) is 0 Å². The van der Waals surface area contributed by atoms with E-state index >= 15 is 0 Å². The second kappa shape index (κ2) is 5.20. The largest absolute Gasteiger partial charge is 0.447 e. The number of likely N-dealkylation sites (N-methyl/N-ethyl adjacent to an activating group) is 1. The number of piperazine rings is 1. The van der Waals surface area contributed by atoms with E-state index in [2.05, 4.69) is 11.8 Å². The summed E-state index contributed by atoms with van der Waals surface area (Å²) in [5, 5.41) is 0. The van der Waals surface area contributed by atoms with Crippen molar-refractivity contribution in [2.24, 2.45) is 0 Å². The molecule has 82 valence electrons. The molecule has 1 rings (SSSR count). The Morgan fingerprint density at radius 2 is 1.86 bits per heavy atom. The third kappa shape index (κ3) is 3.18. The SMILES string of the molecule is CCN1CCN(C(=O)OC(C)C)CC1. The molecule has 1 amide bonds. The fourth-order valence-corrected chi connectivity index (χ4v) is 1.52. The van der Waals surface area contributed by atoms with Crippen LogP contribution in [0.5, 0.6) is 0 Å². The van der Waals surface area contributed by atoms with Crippen LogP contribution in [0, 0.1) is 0 Å². The minimum absolute atomic E-state index is 0.0216. The molecule has 0 aromatic carbocycles. The highest BCUT2D eigenvalue weighted by atomic mass is 16.6. The van der Waals surface area contributed by atoms with Gasteiger partial charge in [-0.05, 0) is 20.4 Å². The number of hydrogen-bond donors (Lipinski definition) is 0. The van der Waals surface area contributed by atoms with Gasteiger partial charge in [0.15, 0.2) is 0 Å². The van der Waals surface area contributed by atoms with Crippen LogP contribution in [0.2, 0.25) is 0 Å². The Labute approximate surface area is 85.8 Å². The summed E-state index contributed by atoms with van der Waals surface area (Å²) < 4.78 is 5.13. The van der Waals surface area contributed by atoms with Gasteiger partial charge in [0.1, 0.15) is 0 Å². The Kier molecular flexibility index (Phi) is 4.20. The van der Waals surface area contributed by atoms with E-state index in [4.69, 9.17) is 4.74 Å². The number of hydrogen-bond acceptors (Lipinski definition) is 3. The van der Waals surface area contributed by atoms with E-state index in [1.807, 2.05) is 13.8 Å². The molecule has 4 heteroatoms. The molecule has 1 heterocycles. The summed E-state index contributed by atoms with van der Waals surface area (Å²) in [5.41, 5.74) is 0. The van der Waals surface area contributed by atoms with Gasteiger partial charge >= 0.3 is 6.09 Å². The number of carbonyl (C=O) groups excluding carboxylic acids is 1. The topological polar surface area (TPSA) is 32.8 Å². The Hall–Kier alpha value is -0.770. The summed E-state index contributed by atoms with van der Waals surface area (Å²) in [6, 6.07) is 0. The maximum atomic E-state index is 11.5. The second-order valence-corrected chi connectivity index (χ2v) is 3.85. The molecule has 1 saturated heterocycles. The van der Waals surface area contributed by atoms with Gasteiger partial charge < -0.3 is 14.5 Å². The highest BCUT2D eigenvalue weighted by Gasteiger charge is 2.21. The first kappa shape index (κ1) is 11.3. The molecule has 14 heavy (non-hydrogen) atoms. The molecule has 1 fully saturated rings. The first-order valence-corrected chi connectivity index (χ1v) is 5.31. The third-order valence-corrected chi connectivity index (χ3v) is 2.41. The van der Waals surface area contributed by atoms with E-state index < -0.39 is 0 Å². The molecular formula is C10H20N2O2. The minimum Gasteiger partial charge on any atom is -0.447 e. The van der Waals surface area contributed by atoms with Crippen molar-refractivity contribution >= 4 is 6.09 Å². The standard InChI is InChI=1S/C10H20N2O2/c1-4-11-5-7-12(8-6-11)10(13)14-9(2)3/h9H,4-8H2,1-3H3. The molecule has 0 N–H and O–H groups in total. The van der Waals surface area contributed by atoms with Gasteiger partial charge in [0.25, 0.3) is 0 Å². The molecule has 1 aliphatic rings. The number of ether oxygens (including phenoxy) is 1. The molecule has 0 atom stereocenters. The van der Waals surface area contributed by atoms with E-state index in [-0.39, 0.29) is 12.2 Å². The van der Waals surface area contributed by atoms with Crippen LogP contribution < -0.4 is 0 Å². The lowest BCUT2D eigenvalue weighted by Gasteiger charge is -2.33. The van der Waals surface area contributed by atoms with Gasteiger partial charge in [-0.25, -0.2) is 4.79 Å². The number of carbonyl (C=O) groups is 1.